The molecule has 1 rings (SSSR count). The van der Waals surface area contributed by atoms with E-state index in [2.05, 4.69) is 0 Å². The van der Waals surface area contributed by atoms with Gasteiger partial charge in [-0.05, 0) is 6.92 Å². The number of hydrogen-bond acceptors (Lipinski definition) is 6. The minimum atomic E-state index is -1.95. The monoisotopic (exact) mass is 194 g/mol. The predicted molar refractivity (Wildman–Crippen MR) is 40.6 cm³/mol. The normalized spacial score (nSPS) is 52.2. The van der Waals surface area contributed by atoms with Crippen LogP contribution in [0.1, 0.15) is 6.92 Å². The Hall–Kier alpha value is -0.240. The zero-order valence-electron chi connectivity index (χ0n) is 7.16. The lowest BCUT2D eigenvalue weighted by molar-refractivity contribution is -0.341. The third-order valence-corrected chi connectivity index (χ3v) is 2.17. The number of aliphatic hydroxyl groups excluding tert-OH is 4. The van der Waals surface area contributed by atoms with Crippen LogP contribution in [-0.4, -0.2) is 62.3 Å². The summed E-state index contributed by atoms with van der Waals surface area (Å²) in [5, 5.41) is 45.8. The van der Waals surface area contributed by atoms with Gasteiger partial charge in [-0.2, -0.15) is 0 Å². The summed E-state index contributed by atoms with van der Waals surface area (Å²) in [6, 6.07) is 0. The first-order valence-electron chi connectivity index (χ1n) is 3.95. The zero-order valence-corrected chi connectivity index (χ0v) is 7.16. The lowest BCUT2D eigenvalue weighted by atomic mass is 9.94. The van der Waals surface area contributed by atoms with E-state index in [1.165, 1.54) is 0 Å². The molecular formula is C7H14O6. The molecule has 78 valence electrons. The summed E-state index contributed by atoms with van der Waals surface area (Å²) in [4.78, 5) is 0. The highest BCUT2D eigenvalue weighted by Crippen LogP contribution is 2.27. The van der Waals surface area contributed by atoms with Crippen molar-refractivity contribution >= 4 is 0 Å². The van der Waals surface area contributed by atoms with Crippen LogP contribution < -0.4 is 0 Å². The van der Waals surface area contributed by atoms with Gasteiger partial charge in [0, 0.05) is 0 Å². The average Bonchev–Trinajstić information content (AvgIpc) is 2.08. The van der Waals surface area contributed by atoms with Crippen molar-refractivity contribution in [3.63, 3.8) is 0 Å². The van der Waals surface area contributed by atoms with Crippen molar-refractivity contribution in [2.75, 3.05) is 6.61 Å². The predicted octanol–water partition coefficient (Wildman–Crippen LogP) is -2.83. The molecule has 0 saturated carbocycles. The summed E-state index contributed by atoms with van der Waals surface area (Å²) in [5.41, 5.74) is 0. The molecule has 0 aliphatic carbocycles. The third-order valence-electron chi connectivity index (χ3n) is 2.17. The molecule has 0 aromatic heterocycles. The summed E-state index contributed by atoms with van der Waals surface area (Å²) in [6.45, 7) is 0.608. The van der Waals surface area contributed by atoms with E-state index in [0.717, 1.165) is 6.92 Å². The van der Waals surface area contributed by atoms with Crippen LogP contribution in [0.4, 0.5) is 0 Å². The van der Waals surface area contributed by atoms with Crippen LogP contribution in [0, 0.1) is 0 Å². The van der Waals surface area contributed by atoms with Crippen LogP contribution in [0.5, 0.6) is 0 Å². The highest BCUT2D eigenvalue weighted by molar-refractivity contribution is 4.93. The number of ether oxygens (including phenoxy) is 1. The molecule has 5 atom stereocenters. The maximum atomic E-state index is 9.38. The summed E-state index contributed by atoms with van der Waals surface area (Å²) in [6.07, 6.45) is -5.61. The summed E-state index contributed by atoms with van der Waals surface area (Å²) >= 11 is 0. The molecule has 0 aromatic rings. The average molecular weight is 194 g/mol. The topological polar surface area (TPSA) is 110 Å². The fourth-order valence-corrected chi connectivity index (χ4v) is 1.31. The quantitative estimate of drug-likeness (QED) is 0.308. The van der Waals surface area contributed by atoms with Crippen LogP contribution in [0.2, 0.25) is 0 Å². The van der Waals surface area contributed by atoms with Gasteiger partial charge < -0.3 is 30.3 Å². The maximum absolute atomic E-state index is 9.38. The van der Waals surface area contributed by atoms with Crippen molar-refractivity contribution < 1.29 is 30.3 Å². The highest BCUT2D eigenvalue weighted by atomic mass is 16.7. The molecule has 1 aliphatic rings. The van der Waals surface area contributed by atoms with Gasteiger partial charge in [0.2, 0.25) is 0 Å². The molecular weight excluding hydrogens is 180 g/mol. The van der Waals surface area contributed by atoms with Gasteiger partial charge in [-0.3, -0.25) is 0 Å². The second-order valence-electron chi connectivity index (χ2n) is 3.32. The fourth-order valence-electron chi connectivity index (χ4n) is 1.31. The molecule has 0 amide bonds. The Morgan fingerprint density at radius 2 is 1.77 bits per heavy atom. The Labute approximate surface area is 75.0 Å². The van der Waals surface area contributed by atoms with Crippen molar-refractivity contribution in [1.82, 2.24) is 0 Å². The minimum Gasteiger partial charge on any atom is -0.394 e. The van der Waals surface area contributed by atoms with Gasteiger partial charge in [0.15, 0.2) is 5.79 Å². The lowest BCUT2D eigenvalue weighted by Crippen LogP contribution is -2.63. The van der Waals surface area contributed by atoms with Gasteiger partial charge >= 0.3 is 0 Å². The molecule has 0 bridgehead atoms. The molecule has 1 fully saturated rings. The van der Waals surface area contributed by atoms with Crippen LogP contribution in [-0.2, 0) is 4.74 Å². The smallest absolute Gasteiger partial charge is 0.192 e. The van der Waals surface area contributed by atoms with E-state index in [0.29, 0.717) is 0 Å². The Kier molecular flexibility index (Phi) is 2.91. The van der Waals surface area contributed by atoms with Crippen molar-refractivity contribution in [2.45, 2.75) is 37.1 Å². The van der Waals surface area contributed by atoms with Crippen molar-refractivity contribution in [3.8, 4) is 0 Å². The van der Waals surface area contributed by atoms with Gasteiger partial charge in [-0.1, -0.05) is 0 Å². The first kappa shape index (κ1) is 10.8. The van der Waals surface area contributed by atoms with E-state index in [9.17, 15) is 20.4 Å². The van der Waals surface area contributed by atoms with Crippen LogP contribution in [0.25, 0.3) is 0 Å². The molecule has 6 nitrogen and oxygen atoms in total. The second-order valence-corrected chi connectivity index (χ2v) is 3.32. The van der Waals surface area contributed by atoms with Gasteiger partial charge in [0.1, 0.15) is 24.4 Å². The van der Waals surface area contributed by atoms with E-state index in [1.807, 2.05) is 0 Å². The van der Waals surface area contributed by atoms with Crippen LogP contribution in [0.3, 0.4) is 0 Å². The standard InChI is InChI=1S/C7H14O6/c1-7(12)6(11)5(10)4(9)3(2-8)13-7/h3-6,8-12H,2H2,1H3/t3?,4-,5-,6?,7-/m0/s1. The van der Waals surface area contributed by atoms with Gasteiger partial charge in [-0.25, -0.2) is 0 Å². The van der Waals surface area contributed by atoms with Gasteiger partial charge in [0.25, 0.3) is 0 Å². The van der Waals surface area contributed by atoms with E-state index < -0.39 is 36.8 Å². The van der Waals surface area contributed by atoms with Crippen molar-refractivity contribution in [3.05, 3.63) is 0 Å². The Bertz CT molecular complexity index is 180. The molecule has 13 heavy (non-hydrogen) atoms. The molecule has 1 heterocycles. The van der Waals surface area contributed by atoms with Crippen LogP contribution >= 0.6 is 0 Å². The Morgan fingerprint density at radius 3 is 2.23 bits per heavy atom. The molecule has 1 aliphatic heterocycles. The summed E-state index contributed by atoms with van der Waals surface area (Å²) in [7, 11) is 0. The van der Waals surface area contributed by atoms with E-state index in [4.69, 9.17) is 9.84 Å². The van der Waals surface area contributed by atoms with E-state index >= 15 is 0 Å². The SMILES string of the molecule is C[C@]1(O)OC(CO)[C@H](O)[C@H](O)C1O. The third kappa shape index (κ3) is 1.83. The highest BCUT2D eigenvalue weighted by Gasteiger charge is 2.49. The second kappa shape index (κ2) is 3.49. The Balaban J connectivity index is 2.79. The fraction of sp³-hybridized carbons (Fsp3) is 1.00. The molecule has 0 aromatic carbocycles. The maximum Gasteiger partial charge on any atom is 0.192 e. The van der Waals surface area contributed by atoms with Gasteiger partial charge in [0.05, 0.1) is 6.61 Å². The summed E-state index contributed by atoms with van der Waals surface area (Å²) in [5.74, 6) is -1.95. The molecule has 1 saturated heterocycles. The molecule has 0 spiro atoms. The number of hydrogen-bond donors (Lipinski definition) is 5. The summed E-state index contributed by atoms with van der Waals surface area (Å²) < 4.78 is 4.76. The van der Waals surface area contributed by atoms with Gasteiger partial charge in [-0.15, -0.1) is 0 Å². The molecule has 6 heteroatoms. The lowest BCUT2D eigenvalue weighted by Gasteiger charge is -2.43. The minimum absolute atomic E-state index is 0.541. The number of aliphatic hydroxyl groups is 5. The van der Waals surface area contributed by atoms with E-state index in [1.54, 1.807) is 0 Å². The first-order chi connectivity index (χ1) is 5.90. The van der Waals surface area contributed by atoms with Crippen molar-refractivity contribution in [1.29, 1.82) is 0 Å². The first-order valence-corrected chi connectivity index (χ1v) is 3.95. The van der Waals surface area contributed by atoms with E-state index in [-0.39, 0.29) is 0 Å². The zero-order chi connectivity index (χ0) is 10.2. The Morgan fingerprint density at radius 1 is 1.23 bits per heavy atom. The number of rotatable bonds is 1. The van der Waals surface area contributed by atoms with Crippen LogP contribution in [0.15, 0.2) is 0 Å². The molecule has 5 N–H and O–H groups in total. The van der Waals surface area contributed by atoms with Crippen molar-refractivity contribution in [2.24, 2.45) is 0 Å². The molecule has 0 radical (unpaired) electrons. The molecule has 2 unspecified atom stereocenters. The largest absolute Gasteiger partial charge is 0.394 e.